The highest BCUT2D eigenvalue weighted by molar-refractivity contribution is 7.92. The topological polar surface area (TPSA) is 80.7 Å². The van der Waals surface area contributed by atoms with Crippen LogP contribution in [0.5, 0.6) is 5.75 Å². The molecule has 0 radical (unpaired) electrons. The first-order chi connectivity index (χ1) is 11.4. The molecule has 1 saturated carbocycles. The van der Waals surface area contributed by atoms with Gasteiger partial charge in [0, 0.05) is 5.92 Å². The van der Waals surface area contributed by atoms with E-state index in [-0.39, 0.29) is 4.90 Å². The van der Waals surface area contributed by atoms with Gasteiger partial charge in [-0.25, -0.2) is 8.42 Å². The van der Waals surface area contributed by atoms with Crippen molar-refractivity contribution < 1.29 is 23.1 Å². The molecule has 0 aliphatic heterocycles. The van der Waals surface area contributed by atoms with Crippen LogP contribution in [0.4, 0.5) is 0 Å². The van der Waals surface area contributed by atoms with Gasteiger partial charge in [-0.3, -0.25) is 4.79 Å². The molecule has 0 spiro atoms. The normalized spacial score (nSPS) is 22.8. The standard InChI is InChI=1S/C18H18O5S/c1-11-3-9-14(10-4-11)24(21,22)17-15(16(17)18(19)20)12-5-7-13(23-2)8-6-12/h3-10,15-17H,1-2H3,(H,19,20)/t15-,16+,17+/m1/s1. The smallest absolute Gasteiger partial charge is 0.308 e. The molecular formula is C18H18O5S. The first-order valence-corrected chi connectivity index (χ1v) is 9.08. The Bertz CT molecular complexity index is 853. The summed E-state index contributed by atoms with van der Waals surface area (Å²) in [7, 11) is -2.16. The third-order valence-corrected chi connectivity index (χ3v) is 6.68. The second-order valence-corrected chi connectivity index (χ2v) is 8.09. The number of ether oxygens (including phenoxy) is 1. The zero-order valence-electron chi connectivity index (χ0n) is 13.3. The molecule has 0 aromatic heterocycles. The van der Waals surface area contributed by atoms with E-state index in [4.69, 9.17) is 4.74 Å². The summed E-state index contributed by atoms with van der Waals surface area (Å²) in [6.07, 6.45) is 0. The minimum atomic E-state index is -3.70. The van der Waals surface area contributed by atoms with Crippen molar-refractivity contribution in [2.24, 2.45) is 5.92 Å². The number of carboxylic acid groups (broad SMARTS) is 1. The Labute approximate surface area is 140 Å². The molecule has 6 heteroatoms. The van der Waals surface area contributed by atoms with Gasteiger partial charge in [-0.05, 0) is 36.8 Å². The van der Waals surface area contributed by atoms with E-state index in [9.17, 15) is 18.3 Å². The lowest BCUT2D eigenvalue weighted by Gasteiger charge is -2.05. The Hall–Kier alpha value is -2.34. The summed E-state index contributed by atoms with van der Waals surface area (Å²) >= 11 is 0. The summed E-state index contributed by atoms with van der Waals surface area (Å²) < 4.78 is 30.8. The van der Waals surface area contributed by atoms with Crippen LogP contribution in [0.1, 0.15) is 17.0 Å². The van der Waals surface area contributed by atoms with E-state index < -0.39 is 32.9 Å². The van der Waals surface area contributed by atoms with Crippen molar-refractivity contribution in [3.63, 3.8) is 0 Å². The summed E-state index contributed by atoms with van der Waals surface area (Å²) in [6, 6.07) is 13.4. The van der Waals surface area contributed by atoms with E-state index >= 15 is 0 Å². The van der Waals surface area contributed by atoms with Crippen LogP contribution in [0.2, 0.25) is 0 Å². The lowest BCUT2D eigenvalue weighted by molar-refractivity contribution is -0.138. The molecule has 1 N–H and O–H groups in total. The third kappa shape index (κ3) is 2.78. The molecule has 2 aromatic rings. The quantitative estimate of drug-likeness (QED) is 0.900. The van der Waals surface area contributed by atoms with E-state index in [1.54, 1.807) is 36.4 Å². The SMILES string of the molecule is COc1ccc([C@@H]2[C@H](C(=O)O)[C@H]2S(=O)(=O)c2ccc(C)cc2)cc1. The van der Waals surface area contributed by atoms with Crippen molar-refractivity contribution in [1.29, 1.82) is 0 Å². The molecule has 0 unspecified atom stereocenters. The van der Waals surface area contributed by atoms with Gasteiger partial charge in [0.1, 0.15) is 5.75 Å². The predicted molar refractivity (Wildman–Crippen MR) is 89.0 cm³/mol. The fraction of sp³-hybridized carbons (Fsp3) is 0.278. The summed E-state index contributed by atoms with van der Waals surface area (Å²) in [5.41, 5.74) is 1.65. The maximum atomic E-state index is 12.8. The van der Waals surface area contributed by atoms with Crippen molar-refractivity contribution in [2.45, 2.75) is 23.0 Å². The summed E-state index contributed by atoms with van der Waals surface area (Å²) in [5.74, 6) is -1.91. The minimum Gasteiger partial charge on any atom is -0.497 e. The Kier molecular flexibility index (Phi) is 4.09. The van der Waals surface area contributed by atoms with E-state index in [0.717, 1.165) is 5.56 Å². The monoisotopic (exact) mass is 346 g/mol. The summed E-state index contributed by atoms with van der Waals surface area (Å²) in [5, 5.41) is 8.48. The molecule has 0 saturated heterocycles. The Morgan fingerprint density at radius 1 is 1.04 bits per heavy atom. The molecule has 3 atom stereocenters. The molecule has 2 aromatic carbocycles. The van der Waals surface area contributed by atoms with Crippen LogP contribution in [0, 0.1) is 12.8 Å². The van der Waals surface area contributed by atoms with Gasteiger partial charge >= 0.3 is 5.97 Å². The van der Waals surface area contributed by atoms with E-state index in [2.05, 4.69) is 0 Å². The number of carbonyl (C=O) groups is 1. The van der Waals surface area contributed by atoms with Gasteiger partial charge in [0.05, 0.1) is 23.2 Å². The van der Waals surface area contributed by atoms with E-state index in [1.165, 1.54) is 19.2 Å². The Morgan fingerprint density at radius 3 is 2.12 bits per heavy atom. The largest absolute Gasteiger partial charge is 0.497 e. The minimum absolute atomic E-state index is 0.167. The molecule has 1 fully saturated rings. The van der Waals surface area contributed by atoms with Gasteiger partial charge in [0.2, 0.25) is 0 Å². The fourth-order valence-corrected chi connectivity index (χ4v) is 5.19. The maximum absolute atomic E-state index is 12.8. The molecular weight excluding hydrogens is 328 g/mol. The second-order valence-electron chi connectivity index (χ2n) is 5.99. The van der Waals surface area contributed by atoms with Gasteiger partial charge < -0.3 is 9.84 Å². The molecule has 3 rings (SSSR count). The van der Waals surface area contributed by atoms with Crippen LogP contribution < -0.4 is 4.74 Å². The number of carboxylic acids is 1. The van der Waals surface area contributed by atoms with Crippen molar-refractivity contribution >= 4 is 15.8 Å². The van der Waals surface area contributed by atoms with Crippen molar-refractivity contribution in [2.75, 3.05) is 7.11 Å². The van der Waals surface area contributed by atoms with Crippen LogP contribution in [0.3, 0.4) is 0 Å². The highest BCUT2D eigenvalue weighted by Gasteiger charge is 2.63. The van der Waals surface area contributed by atoms with Crippen LogP contribution in [-0.2, 0) is 14.6 Å². The second kappa shape index (κ2) is 5.94. The number of aliphatic carboxylic acids is 1. The fourth-order valence-electron chi connectivity index (χ4n) is 3.07. The third-order valence-electron chi connectivity index (χ3n) is 4.45. The van der Waals surface area contributed by atoms with Crippen molar-refractivity contribution in [3.05, 3.63) is 59.7 Å². The number of sulfone groups is 1. The molecule has 126 valence electrons. The number of hydrogen-bond donors (Lipinski definition) is 1. The zero-order valence-corrected chi connectivity index (χ0v) is 14.2. The Morgan fingerprint density at radius 2 is 1.62 bits per heavy atom. The molecule has 24 heavy (non-hydrogen) atoms. The number of hydrogen-bond acceptors (Lipinski definition) is 4. The van der Waals surface area contributed by atoms with Gasteiger partial charge in [-0.15, -0.1) is 0 Å². The van der Waals surface area contributed by atoms with E-state index in [1.807, 2.05) is 6.92 Å². The summed E-state index contributed by atoms with van der Waals surface area (Å²) in [6.45, 7) is 1.87. The molecule has 0 bridgehead atoms. The van der Waals surface area contributed by atoms with Crippen LogP contribution in [0.15, 0.2) is 53.4 Å². The molecule has 0 heterocycles. The highest BCUT2D eigenvalue weighted by atomic mass is 32.2. The van der Waals surface area contributed by atoms with Gasteiger partial charge in [0.25, 0.3) is 0 Å². The van der Waals surface area contributed by atoms with Crippen molar-refractivity contribution in [3.8, 4) is 5.75 Å². The molecule has 1 aliphatic carbocycles. The van der Waals surface area contributed by atoms with E-state index in [0.29, 0.717) is 11.3 Å². The number of aryl methyl sites for hydroxylation is 1. The van der Waals surface area contributed by atoms with Gasteiger partial charge in [0.15, 0.2) is 9.84 Å². The number of benzene rings is 2. The lowest BCUT2D eigenvalue weighted by Crippen LogP contribution is -2.13. The average molecular weight is 346 g/mol. The first-order valence-electron chi connectivity index (χ1n) is 7.53. The highest BCUT2D eigenvalue weighted by Crippen LogP contribution is 2.54. The first kappa shape index (κ1) is 16.5. The van der Waals surface area contributed by atoms with Gasteiger partial charge in [-0.2, -0.15) is 0 Å². The predicted octanol–water partition coefficient (Wildman–Crippen LogP) is 2.64. The van der Waals surface area contributed by atoms with Crippen LogP contribution in [0.25, 0.3) is 0 Å². The maximum Gasteiger partial charge on any atom is 0.308 e. The van der Waals surface area contributed by atoms with Crippen molar-refractivity contribution in [1.82, 2.24) is 0 Å². The number of rotatable bonds is 5. The van der Waals surface area contributed by atoms with Gasteiger partial charge in [-0.1, -0.05) is 29.8 Å². The van der Waals surface area contributed by atoms with Crippen LogP contribution in [-0.4, -0.2) is 31.9 Å². The average Bonchev–Trinajstić information content (AvgIpc) is 3.32. The van der Waals surface area contributed by atoms with Crippen LogP contribution >= 0.6 is 0 Å². The molecule has 5 nitrogen and oxygen atoms in total. The molecule has 1 aliphatic rings. The summed E-state index contributed by atoms with van der Waals surface area (Å²) in [4.78, 5) is 11.7. The molecule has 0 amide bonds. The zero-order chi connectivity index (χ0) is 17.5. The number of methoxy groups -OCH3 is 1. The Balaban J connectivity index is 1.96. The lowest BCUT2D eigenvalue weighted by atomic mass is 10.1.